The van der Waals surface area contributed by atoms with Crippen molar-refractivity contribution in [3.05, 3.63) is 48.3 Å². The van der Waals surface area contributed by atoms with Crippen molar-refractivity contribution in [3.63, 3.8) is 0 Å². The fourth-order valence-electron chi connectivity index (χ4n) is 2.90. The number of aromatic nitrogens is 5. The molecule has 1 aromatic carbocycles. The molecule has 0 aliphatic carbocycles. The predicted octanol–water partition coefficient (Wildman–Crippen LogP) is 3.63. The number of fused-ring (bicyclic) bond motifs is 1. The van der Waals surface area contributed by atoms with E-state index in [-0.39, 0.29) is 5.28 Å². The van der Waals surface area contributed by atoms with Crippen molar-refractivity contribution < 1.29 is 14.2 Å². The molecule has 4 aromatic rings. The number of methoxy groups -OCH3 is 3. The van der Waals surface area contributed by atoms with E-state index in [9.17, 15) is 0 Å². The second-order valence-electron chi connectivity index (χ2n) is 5.89. The lowest BCUT2D eigenvalue weighted by atomic mass is 10.2. The Balaban J connectivity index is 1.70. The molecule has 0 saturated carbocycles. The first-order valence-electron chi connectivity index (χ1n) is 8.52. The Morgan fingerprint density at radius 1 is 1.00 bits per heavy atom. The fourth-order valence-corrected chi connectivity index (χ4v) is 3.06. The summed E-state index contributed by atoms with van der Waals surface area (Å²) in [7, 11) is 4.70. The maximum absolute atomic E-state index is 6.02. The van der Waals surface area contributed by atoms with Gasteiger partial charge >= 0.3 is 0 Å². The number of anilines is 2. The molecular formula is C19H17ClN6O3. The van der Waals surface area contributed by atoms with Gasteiger partial charge in [-0.25, -0.2) is 9.97 Å². The highest BCUT2D eigenvalue weighted by atomic mass is 35.5. The van der Waals surface area contributed by atoms with Crippen molar-refractivity contribution >= 4 is 34.3 Å². The number of benzene rings is 1. The molecule has 10 heteroatoms. The smallest absolute Gasteiger partial charge is 0.226 e. The van der Waals surface area contributed by atoms with Gasteiger partial charge in [0.1, 0.15) is 18.0 Å². The Morgan fingerprint density at radius 3 is 2.45 bits per heavy atom. The molecule has 0 bridgehead atoms. The Morgan fingerprint density at radius 2 is 1.76 bits per heavy atom. The number of hydrogen-bond acceptors (Lipinski definition) is 8. The van der Waals surface area contributed by atoms with Gasteiger partial charge in [-0.2, -0.15) is 9.97 Å². The highest BCUT2D eigenvalue weighted by molar-refractivity contribution is 6.28. The molecule has 0 radical (unpaired) electrons. The van der Waals surface area contributed by atoms with Crippen LogP contribution in [0.4, 0.5) is 11.6 Å². The summed E-state index contributed by atoms with van der Waals surface area (Å²) in [5.74, 6) is 2.70. The molecule has 0 aliphatic heterocycles. The van der Waals surface area contributed by atoms with E-state index in [1.165, 1.54) is 0 Å². The molecule has 3 aromatic heterocycles. The third kappa shape index (κ3) is 3.59. The molecule has 4 rings (SSSR count). The van der Waals surface area contributed by atoms with E-state index in [1.807, 2.05) is 22.8 Å². The average Bonchev–Trinajstić information content (AvgIpc) is 3.21. The summed E-state index contributed by atoms with van der Waals surface area (Å²) >= 11 is 6.02. The molecule has 0 spiro atoms. The van der Waals surface area contributed by atoms with Gasteiger partial charge < -0.3 is 24.1 Å². The summed E-state index contributed by atoms with van der Waals surface area (Å²) in [6.45, 7) is 0. The summed E-state index contributed by atoms with van der Waals surface area (Å²) in [6.07, 6.45) is 5.11. The quantitative estimate of drug-likeness (QED) is 0.479. The summed E-state index contributed by atoms with van der Waals surface area (Å²) in [5.41, 5.74) is 1.28. The zero-order valence-electron chi connectivity index (χ0n) is 15.9. The standard InChI is InChI=1S/C19H17ClN6O3/c1-27-13-7-11(8-14(28-2)16(13)29-3)26-9-15(22-10-26)23-18-12-5-4-6-21-17(12)24-19(20)25-18/h4-10H,1-3H3,(H,21,23,24,25). The van der Waals surface area contributed by atoms with Crippen molar-refractivity contribution in [2.24, 2.45) is 0 Å². The van der Waals surface area contributed by atoms with E-state index in [2.05, 4.69) is 25.3 Å². The minimum Gasteiger partial charge on any atom is -0.493 e. The van der Waals surface area contributed by atoms with Gasteiger partial charge in [0.05, 0.1) is 38.6 Å². The minimum atomic E-state index is 0.0998. The van der Waals surface area contributed by atoms with Gasteiger partial charge in [0.2, 0.25) is 11.0 Å². The van der Waals surface area contributed by atoms with Crippen LogP contribution in [-0.4, -0.2) is 45.8 Å². The highest BCUT2D eigenvalue weighted by Gasteiger charge is 2.15. The fraction of sp³-hybridized carbons (Fsp3) is 0.158. The number of pyridine rings is 1. The van der Waals surface area contributed by atoms with Crippen LogP contribution in [0.2, 0.25) is 5.28 Å². The Bertz CT molecular complexity index is 1150. The summed E-state index contributed by atoms with van der Waals surface area (Å²) in [6, 6.07) is 7.32. The molecule has 0 fully saturated rings. The molecule has 3 heterocycles. The molecule has 0 atom stereocenters. The number of halogens is 1. The predicted molar refractivity (Wildman–Crippen MR) is 109 cm³/mol. The third-order valence-electron chi connectivity index (χ3n) is 4.22. The number of imidazole rings is 1. The lowest BCUT2D eigenvalue weighted by Gasteiger charge is -2.14. The largest absolute Gasteiger partial charge is 0.493 e. The zero-order valence-corrected chi connectivity index (χ0v) is 16.6. The summed E-state index contributed by atoms with van der Waals surface area (Å²) in [4.78, 5) is 17.0. The molecule has 0 unspecified atom stereocenters. The van der Waals surface area contributed by atoms with E-state index in [4.69, 9.17) is 25.8 Å². The van der Waals surface area contributed by atoms with Crippen molar-refractivity contribution in [3.8, 4) is 22.9 Å². The number of rotatable bonds is 6. The molecular weight excluding hydrogens is 396 g/mol. The van der Waals surface area contributed by atoms with E-state index in [0.29, 0.717) is 34.5 Å². The Kier molecular flexibility index (Phi) is 5.05. The molecule has 1 N–H and O–H groups in total. The first kappa shape index (κ1) is 18.8. The molecule has 29 heavy (non-hydrogen) atoms. The maximum Gasteiger partial charge on any atom is 0.226 e. The molecule has 148 valence electrons. The van der Waals surface area contributed by atoms with Crippen LogP contribution in [0.15, 0.2) is 43.0 Å². The van der Waals surface area contributed by atoms with Crippen LogP contribution in [0, 0.1) is 0 Å². The Hall–Kier alpha value is -3.59. The van der Waals surface area contributed by atoms with E-state index in [0.717, 1.165) is 11.1 Å². The van der Waals surface area contributed by atoms with Gasteiger partial charge in [-0.15, -0.1) is 0 Å². The maximum atomic E-state index is 6.02. The second-order valence-corrected chi connectivity index (χ2v) is 6.23. The van der Waals surface area contributed by atoms with Crippen molar-refractivity contribution in [1.82, 2.24) is 24.5 Å². The second kappa shape index (κ2) is 7.80. The van der Waals surface area contributed by atoms with Crippen molar-refractivity contribution in [1.29, 1.82) is 0 Å². The van der Waals surface area contributed by atoms with E-state index >= 15 is 0 Å². The lowest BCUT2D eigenvalue weighted by Crippen LogP contribution is -1.99. The average molecular weight is 413 g/mol. The number of hydrogen-bond donors (Lipinski definition) is 1. The van der Waals surface area contributed by atoms with Gasteiger partial charge in [-0.1, -0.05) is 0 Å². The van der Waals surface area contributed by atoms with Crippen molar-refractivity contribution in [2.75, 3.05) is 26.6 Å². The lowest BCUT2D eigenvalue weighted by molar-refractivity contribution is 0.324. The van der Waals surface area contributed by atoms with Crippen LogP contribution in [0.25, 0.3) is 16.7 Å². The molecule has 9 nitrogen and oxygen atoms in total. The van der Waals surface area contributed by atoms with Gasteiger partial charge in [0.15, 0.2) is 17.1 Å². The van der Waals surface area contributed by atoms with Crippen molar-refractivity contribution in [2.45, 2.75) is 0 Å². The zero-order chi connectivity index (χ0) is 20.4. The molecule has 0 amide bonds. The van der Waals surface area contributed by atoms with E-state index in [1.54, 1.807) is 46.1 Å². The minimum absolute atomic E-state index is 0.0998. The van der Waals surface area contributed by atoms with Gasteiger partial charge in [-0.05, 0) is 23.7 Å². The molecule has 0 aliphatic rings. The first-order chi connectivity index (χ1) is 14.1. The topological polar surface area (TPSA) is 96.2 Å². The van der Waals surface area contributed by atoms with Crippen LogP contribution < -0.4 is 19.5 Å². The SMILES string of the molecule is COc1cc(-n2cnc(Nc3nc(Cl)nc4ncccc34)c2)cc(OC)c1OC. The van der Waals surface area contributed by atoms with Crippen LogP contribution in [-0.2, 0) is 0 Å². The highest BCUT2D eigenvalue weighted by Crippen LogP contribution is 2.39. The Labute approximate surface area is 171 Å². The van der Waals surface area contributed by atoms with Crippen LogP contribution >= 0.6 is 11.6 Å². The number of nitrogens with zero attached hydrogens (tertiary/aromatic N) is 5. The molecule has 0 saturated heterocycles. The summed E-state index contributed by atoms with van der Waals surface area (Å²) in [5, 5.41) is 4.00. The summed E-state index contributed by atoms with van der Waals surface area (Å²) < 4.78 is 18.0. The third-order valence-corrected chi connectivity index (χ3v) is 4.39. The van der Waals surface area contributed by atoms with Crippen LogP contribution in [0.1, 0.15) is 0 Å². The normalized spacial score (nSPS) is 10.8. The van der Waals surface area contributed by atoms with Gasteiger partial charge in [0, 0.05) is 18.3 Å². The first-order valence-corrected chi connectivity index (χ1v) is 8.90. The number of ether oxygens (including phenoxy) is 3. The van der Waals surface area contributed by atoms with Gasteiger partial charge in [0.25, 0.3) is 0 Å². The van der Waals surface area contributed by atoms with Gasteiger partial charge in [-0.3, -0.25) is 0 Å². The number of nitrogens with one attached hydrogen (secondary N) is 1. The van der Waals surface area contributed by atoms with Crippen LogP contribution in [0.3, 0.4) is 0 Å². The monoisotopic (exact) mass is 412 g/mol. The van der Waals surface area contributed by atoms with Crippen LogP contribution in [0.5, 0.6) is 17.2 Å². The van der Waals surface area contributed by atoms with E-state index < -0.39 is 0 Å².